The van der Waals surface area contributed by atoms with Crippen LogP contribution in [0.15, 0.2) is 29.0 Å². The van der Waals surface area contributed by atoms with Crippen molar-refractivity contribution < 1.29 is 9.53 Å². The molecule has 0 amide bonds. The maximum Gasteiger partial charge on any atom is 0.334 e. The summed E-state index contributed by atoms with van der Waals surface area (Å²) in [5, 5.41) is 4.15. The van der Waals surface area contributed by atoms with E-state index >= 15 is 0 Å². The van der Waals surface area contributed by atoms with E-state index in [1.807, 2.05) is 17.3 Å². The first kappa shape index (κ1) is 12.9. The van der Waals surface area contributed by atoms with E-state index < -0.39 is 0 Å². The molecule has 0 saturated heterocycles. The lowest BCUT2D eigenvalue weighted by molar-refractivity contribution is -0.138. The lowest BCUT2D eigenvalue weighted by Crippen LogP contribution is -2.24. The maximum atomic E-state index is 11.3. The summed E-state index contributed by atoms with van der Waals surface area (Å²) in [5.41, 5.74) is 1.75. The van der Waals surface area contributed by atoms with Crippen LogP contribution in [0.2, 0.25) is 0 Å². The molecule has 0 fully saturated rings. The van der Waals surface area contributed by atoms with Gasteiger partial charge in [0.1, 0.15) is 0 Å². The molecule has 0 atom stereocenters. The van der Waals surface area contributed by atoms with Crippen LogP contribution in [0.3, 0.4) is 0 Å². The zero-order chi connectivity index (χ0) is 12.0. The first-order valence-electron chi connectivity index (χ1n) is 5.18. The standard InChI is InChI=1S/C12H17NO2S/c1-4-15-12(14)10(2)7-13(3)8-11-5-6-16-9-11/h5-6,9H,2,4,7-8H2,1,3H3. The fraction of sp³-hybridized carbons (Fsp3) is 0.417. The van der Waals surface area contributed by atoms with Crippen molar-refractivity contribution in [2.75, 3.05) is 20.2 Å². The summed E-state index contributed by atoms with van der Waals surface area (Å²) in [6.07, 6.45) is 0. The average Bonchev–Trinajstić information content (AvgIpc) is 2.70. The van der Waals surface area contributed by atoms with Crippen molar-refractivity contribution in [1.29, 1.82) is 0 Å². The number of esters is 1. The Morgan fingerprint density at radius 1 is 1.62 bits per heavy atom. The molecule has 16 heavy (non-hydrogen) atoms. The van der Waals surface area contributed by atoms with Crippen molar-refractivity contribution in [3.05, 3.63) is 34.5 Å². The summed E-state index contributed by atoms with van der Waals surface area (Å²) in [6.45, 7) is 7.27. The van der Waals surface area contributed by atoms with Gasteiger partial charge in [-0.3, -0.25) is 4.90 Å². The molecule has 0 aliphatic carbocycles. The molecule has 0 spiro atoms. The van der Waals surface area contributed by atoms with Crippen molar-refractivity contribution in [2.24, 2.45) is 0 Å². The molecule has 0 saturated carbocycles. The summed E-state index contributed by atoms with van der Waals surface area (Å²) in [5.74, 6) is -0.306. The van der Waals surface area contributed by atoms with Crippen LogP contribution < -0.4 is 0 Å². The lowest BCUT2D eigenvalue weighted by atomic mass is 10.2. The van der Waals surface area contributed by atoms with Crippen LogP contribution in [0.4, 0.5) is 0 Å². The molecule has 88 valence electrons. The predicted molar refractivity (Wildman–Crippen MR) is 66.4 cm³/mol. The fourth-order valence-corrected chi connectivity index (χ4v) is 2.03. The molecular weight excluding hydrogens is 222 g/mol. The quantitative estimate of drug-likeness (QED) is 0.563. The molecule has 0 aliphatic heterocycles. The Balaban J connectivity index is 2.36. The summed E-state index contributed by atoms with van der Waals surface area (Å²) in [4.78, 5) is 13.4. The van der Waals surface area contributed by atoms with Crippen molar-refractivity contribution >= 4 is 17.3 Å². The second-order valence-electron chi connectivity index (χ2n) is 3.63. The molecule has 1 aromatic rings. The Hall–Kier alpha value is -1.13. The first-order chi connectivity index (χ1) is 7.63. The third-order valence-electron chi connectivity index (χ3n) is 2.06. The number of likely N-dealkylation sites (N-methyl/N-ethyl adjacent to an activating group) is 1. The van der Waals surface area contributed by atoms with Gasteiger partial charge in [0, 0.05) is 18.7 Å². The highest BCUT2D eigenvalue weighted by Gasteiger charge is 2.10. The third-order valence-corrected chi connectivity index (χ3v) is 2.79. The van der Waals surface area contributed by atoms with Crippen LogP contribution in [0.25, 0.3) is 0 Å². The Morgan fingerprint density at radius 3 is 2.94 bits per heavy atom. The van der Waals surface area contributed by atoms with Gasteiger partial charge in [-0.1, -0.05) is 6.58 Å². The largest absolute Gasteiger partial charge is 0.463 e. The molecular formula is C12H17NO2S. The van der Waals surface area contributed by atoms with E-state index in [1.165, 1.54) is 5.56 Å². The van der Waals surface area contributed by atoms with Crippen LogP contribution >= 0.6 is 11.3 Å². The molecule has 0 unspecified atom stereocenters. The zero-order valence-electron chi connectivity index (χ0n) is 9.73. The van der Waals surface area contributed by atoms with Gasteiger partial charge in [-0.2, -0.15) is 11.3 Å². The van der Waals surface area contributed by atoms with Crippen LogP contribution in [-0.2, 0) is 16.1 Å². The van der Waals surface area contributed by atoms with Gasteiger partial charge in [-0.05, 0) is 36.4 Å². The number of carbonyl (C=O) groups excluding carboxylic acids is 1. The number of hydrogen-bond acceptors (Lipinski definition) is 4. The molecule has 1 heterocycles. The van der Waals surface area contributed by atoms with Crippen molar-refractivity contribution in [2.45, 2.75) is 13.5 Å². The van der Waals surface area contributed by atoms with Gasteiger partial charge in [0.2, 0.25) is 0 Å². The van der Waals surface area contributed by atoms with Gasteiger partial charge >= 0.3 is 5.97 Å². The molecule has 0 N–H and O–H groups in total. The molecule has 0 bridgehead atoms. The van der Waals surface area contributed by atoms with Crippen molar-refractivity contribution in [3.63, 3.8) is 0 Å². The Morgan fingerprint density at radius 2 is 2.38 bits per heavy atom. The number of ether oxygens (including phenoxy) is 1. The highest BCUT2D eigenvalue weighted by atomic mass is 32.1. The number of hydrogen-bond donors (Lipinski definition) is 0. The van der Waals surface area contributed by atoms with Crippen LogP contribution in [0, 0.1) is 0 Å². The molecule has 3 nitrogen and oxygen atoms in total. The Bertz CT molecular complexity index is 346. The highest BCUT2D eigenvalue weighted by Crippen LogP contribution is 2.09. The minimum absolute atomic E-state index is 0.306. The van der Waals surface area contributed by atoms with E-state index in [4.69, 9.17) is 4.74 Å². The summed E-state index contributed by atoms with van der Waals surface area (Å²) in [7, 11) is 1.96. The van der Waals surface area contributed by atoms with Gasteiger partial charge in [0.15, 0.2) is 0 Å². The van der Waals surface area contributed by atoms with Crippen molar-refractivity contribution in [3.8, 4) is 0 Å². The Labute approximate surface area is 100 Å². The fourth-order valence-electron chi connectivity index (χ4n) is 1.37. The normalized spacial score (nSPS) is 10.4. The van der Waals surface area contributed by atoms with E-state index in [0.717, 1.165) is 6.54 Å². The summed E-state index contributed by atoms with van der Waals surface area (Å²) < 4.78 is 4.88. The van der Waals surface area contributed by atoms with E-state index in [-0.39, 0.29) is 5.97 Å². The van der Waals surface area contributed by atoms with E-state index in [2.05, 4.69) is 18.0 Å². The number of nitrogens with zero attached hydrogens (tertiary/aromatic N) is 1. The molecule has 4 heteroatoms. The molecule has 0 aromatic carbocycles. The molecule has 1 aromatic heterocycles. The number of rotatable bonds is 6. The van der Waals surface area contributed by atoms with Gasteiger partial charge in [0.25, 0.3) is 0 Å². The van der Waals surface area contributed by atoms with E-state index in [1.54, 1.807) is 18.3 Å². The minimum atomic E-state index is -0.306. The predicted octanol–water partition coefficient (Wildman–Crippen LogP) is 2.30. The zero-order valence-corrected chi connectivity index (χ0v) is 10.5. The smallest absolute Gasteiger partial charge is 0.334 e. The molecule has 0 radical (unpaired) electrons. The second kappa shape index (κ2) is 6.45. The van der Waals surface area contributed by atoms with Gasteiger partial charge in [-0.25, -0.2) is 4.79 Å². The maximum absolute atomic E-state index is 11.3. The minimum Gasteiger partial charge on any atom is -0.463 e. The Kier molecular flexibility index (Phi) is 5.22. The van der Waals surface area contributed by atoms with Crippen LogP contribution in [0.1, 0.15) is 12.5 Å². The van der Waals surface area contributed by atoms with E-state index in [0.29, 0.717) is 18.7 Å². The lowest BCUT2D eigenvalue weighted by Gasteiger charge is -2.16. The third kappa shape index (κ3) is 4.16. The van der Waals surface area contributed by atoms with Crippen LogP contribution in [0.5, 0.6) is 0 Å². The average molecular weight is 239 g/mol. The van der Waals surface area contributed by atoms with Gasteiger partial charge in [-0.15, -0.1) is 0 Å². The monoisotopic (exact) mass is 239 g/mol. The van der Waals surface area contributed by atoms with E-state index in [9.17, 15) is 4.79 Å². The highest BCUT2D eigenvalue weighted by molar-refractivity contribution is 7.07. The SMILES string of the molecule is C=C(CN(C)Cc1ccsc1)C(=O)OCC. The molecule has 1 rings (SSSR count). The van der Waals surface area contributed by atoms with Gasteiger partial charge in [0.05, 0.1) is 6.61 Å². The topological polar surface area (TPSA) is 29.5 Å². The first-order valence-corrected chi connectivity index (χ1v) is 6.12. The molecule has 0 aliphatic rings. The van der Waals surface area contributed by atoms with Crippen molar-refractivity contribution in [1.82, 2.24) is 4.90 Å². The number of thiophene rings is 1. The summed E-state index contributed by atoms with van der Waals surface area (Å²) in [6, 6.07) is 2.08. The van der Waals surface area contributed by atoms with Crippen LogP contribution in [-0.4, -0.2) is 31.1 Å². The second-order valence-corrected chi connectivity index (χ2v) is 4.41. The van der Waals surface area contributed by atoms with Gasteiger partial charge < -0.3 is 4.74 Å². The summed E-state index contributed by atoms with van der Waals surface area (Å²) >= 11 is 1.67. The number of carbonyl (C=O) groups is 1.